The third-order valence-electron chi connectivity index (χ3n) is 5.86. The molecule has 3 rings (SSSR count). The number of hydrogen-bond acceptors (Lipinski definition) is 3. The lowest BCUT2D eigenvalue weighted by atomic mass is 9.95. The SMILES string of the molecule is CN(C)C(=O)CN=C(NCC1(C)CCCO1)NC1CC2CCC1C2. The standard InChI is InChI=1S/C18H32N4O2/c1-18(7-4-8-24-18)12-20-17(19-11-16(23)22(2)3)21-15-10-13-5-6-14(15)9-13/h13-15H,4-12H2,1-3H3,(H2,19,20,21). The van der Waals surface area contributed by atoms with Crippen LogP contribution in [-0.4, -0.2) is 62.2 Å². The highest BCUT2D eigenvalue weighted by atomic mass is 16.5. The van der Waals surface area contributed by atoms with Crippen molar-refractivity contribution < 1.29 is 9.53 Å². The van der Waals surface area contributed by atoms with E-state index < -0.39 is 0 Å². The zero-order valence-electron chi connectivity index (χ0n) is 15.3. The highest BCUT2D eigenvalue weighted by Gasteiger charge is 2.40. The first kappa shape index (κ1) is 17.5. The van der Waals surface area contributed by atoms with Crippen LogP contribution in [0, 0.1) is 11.8 Å². The number of guanidine groups is 1. The molecule has 0 aromatic rings. The lowest BCUT2D eigenvalue weighted by molar-refractivity contribution is -0.127. The van der Waals surface area contributed by atoms with Gasteiger partial charge < -0.3 is 20.3 Å². The average molecular weight is 336 g/mol. The summed E-state index contributed by atoms with van der Waals surface area (Å²) in [5, 5.41) is 7.02. The summed E-state index contributed by atoms with van der Waals surface area (Å²) in [6.45, 7) is 3.90. The largest absolute Gasteiger partial charge is 0.373 e. The molecule has 24 heavy (non-hydrogen) atoms. The quantitative estimate of drug-likeness (QED) is 0.588. The second kappa shape index (κ2) is 7.30. The molecule has 2 N–H and O–H groups in total. The number of carbonyl (C=O) groups is 1. The van der Waals surface area contributed by atoms with E-state index in [1.807, 2.05) is 0 Å². The molecule has 1 amide bonds. The van der Waals surface area contributed by atoms with Gasteiger partial charge in [0.2, 0.25) is 5.91 Å². The van der Waals surface area contributed by atoms with E-state index in [9.17, 15) is 4.79 Å². The number of carbonyl (C=O) groups excluding carboxylic acids is 1. The summed E-state index contributed by atoms with van der Waals surface area (Å²) in [4.78, 5) is 18.0. The Balaban J connectivity index is 1.59. The number of hydrogen-bond donors (Lipinski definition) is 2. The minimum absolute atomic E-state index is 0.0207. The van der Waals surface area contributed by atoms with Crippen LogP contribution in [0.3, 0.4) is 0 Å². The van der Waals surface area contributed by atoms with Crippen molar-refractivity contribution >= 4 is 11.9 Å². The highest BCUT2D eigenvalue weighted by Crippen LogP contribution is 2.44. The van der Waals surface area contributed by atoms with Crippen LogP contribution in [0.5, 0.6) is 0 Å². The van der Waals surface area contributed by atoms with E-state index in [0.29, 0.717) is 6.04 Å². The van der Waals surface area contributed by atoms with Crippen LogP contribution in [0.4, 0.5) is 0 Å². The van der Waals surface area contributed by atoms with Crippen LogP contribution < -0.4 is 10.6 Å². The molecule has 6 heteroatoms. The molecule has 2 bridgehead atoms. The molecule has 0 spiro atoms. The molecule has 136 valence electrons. The first-order valence-corrected chi connectivity index (χ1v) is 9.34. The molecule has 1 aliphatic heterocycles. The third-order valence-corrected chi connectivity index (χ3v) is 5.86. The minimum atomic E-state index is -0.122. The molecule has 3 fully saturated rings. The van der Waals surface area contributed by atoms with Gasteiger partial charge in [0, 0.05) is 33.3 Å². The van der Waals surface area contributed by atoms with Crippen LogP contribution in [0.2, 0.25) is 0 Å². The van der Waals surface area contributed by atoms with Crippen LogP contribution in [0.1, 0.15) is 45.4 Å². The normalized spacial score (nSPS) is 35.3. The highest BCUT2D eigenvalue weighted by molar-refractivity contribution is 5.85. The van der Waals surface area contributed by atoms with Gasteiger partial charge in [-0.25, -0.2) is 4.99 Å². The molecule has 1 saturated heterocycles. The molecule has 2 aliphatic carbocycles. The van der Waals surface area contributed by atoms with Gasteiger partial charge in [0.05, 0.1) is 5.60 Å². The van der Waals surface area contributed by atoms with E-state index in [4.69, 9.17) is 4.74 Å². The molecule has 2 saturated carbocycles. The minimum Gasteiger partial charge on any atom is -0.373 e. The Morgan fingerprint density at radius 1 is 1.33 bits per heavy atom. The summed E-state index contributed by atoms with van der Waals surface area (Å²) in [7, 11) is 3.53. The number of rotatable bonds is 5. The van der Waals surface area contributed by atoms with Gasteiger partial charge in [0.25, 0.3) is 0 Å². The van der Waals surface area contributed by atoms with Gasteiger partial charge >= 0.3 is 0 Å². The summed E-state index contributed by atoms with van der Waals surface area (Å²) in [5.74, 6) is 2.43. The van der Waals surface area contributed by atoms with Crippen molar-refractivity contribution in [2.45, 2.75) is 57.1 Å². The molecule has 0 aromatic heterocycles. The van der Waals surface area contributed by atoms with Crippen LogP contribution >= 0.6 is 0 Å². The molecular weight excluding hydrogens is 304 g/mol. The topological polar surface area (TPSA) is 66.0 Å². The molecule has 3 aliphatic rings. The summed E-state index contributed by atoms with van der Waals surface area (Å²) in [6, 6.07) is 0.502. The van der Waals surface area contributed by atoms with E-state index >= 15 is 0 Å². The van der Waals surface area contributed by atoms with E-state index in [0.717, 1.165) is 43.8 Å². The summed E-state index contributed by atoms with van der Waals surface area (Å²) in [5.41, 5.74) is -0.122. The summed E-state index contributed by atoms with van der Waals surface area (Å²) in [6.07, 6.45) is 7.48. The maximum atomic E-state index is 11.9. The van der Waals surface area contributed by atoms with Crippen molar-refractivity contribution in [2.24, 2.45) is 16.8 Å². The first-order valence-electron chi connectivity index (χ1n) is 9.34. The van der Waals surface area contributed by atoms with Crippen molar-refractivity contribution in [2.75, 3.05) is 33.8 Å². The molecular formula is C18H32N4O2. The van der Waals surface area contributed by atoms with Gasteiger partial charge in [-0.15, -0.1) is 0 Å². The van der Waals surface area contributed by atoms with E-state index in [-0.39, 0.29) is 18.1 Å². The van der Waals surface area contributed by atoms with Crippen LogP contribution in [0.25, 0.3) is 0 Å². The van der Waals surface area contributed by atoms with Gasteiger partial charge in [0.15, 0.2) is 5.96 Å². The number of amides is 1. The molecule has 6 nitrogen and oxygen atoms in total. The maximum Gasteiger partial charge on any atom is 0.243 e. The van der Waals surface area contributed by atoms with Crippen molar-refractivity contribution in [1.29, 1.82) is 0 Å². The van der Waals surface area contributed by atoms with Gasteiger partial charge in [-0.2, -0.15) is 0 Å². The number of nitrogens with one attached hydrogen (secondary N) is 2. The maximum absolute atomic E-state index is 11.9. The molecule has 4 unspecified atom stereocenters. The molecule has 0 radical (unpaired) electrons. The zero-order valence-corrected chi connectivity index (χ0v) is 15.3. The summed E-state index contributed by atoms with van der Waals surface area (Å²) >= 11 is 0. The Labute approximate surface area is 145 Å². The Morgan fingerprint density at radius 3 is 2.75 bits per heavy atom. The zero-order chi connectivity index (χ0) is 17.2. The predicted molar refractivity (Wildman–Crippen MR) is 95.0 cm³/mol. The molecule has 4 atom stereocenters. The van der Waals surface area contributed by atoms with Gasteiger partial charge in [0.1, 0.15) is 6.54 Å². The van der Waals surface area contributed by atoms with E-state index in [1.165, 1.54) is 25.7 Å². The smallest absolute Gasteiger partial charge is 0.243 e. The average Bonchev–Trinajstić information content (AvgIpc) is 3.26. The van der Waals surface area contributed by atoms with Crippen molar-refractivity contribution in [3.05, 3.63) is 0 Å². The summed E-state index contributed by atoms with van der Waals surface area (Å²) < 4.78 is 5.85. The fourth-order valence-corrected chi connectivity index (χ4v) is 4.28. The fraction of sp³-hybridized carbons (Fsp3) is 0.889. The van der Waals surface area contributed by atoms with Crippen molar-refractivity contribution in [3.63, 3.8) is 0 Å². The monoisotopic (exact) mass is 336 g/mol. The van der Waals surface area contributed by atoms with E-state index in [2.05, 4.69) is 22.5 Å². The van der Waals surface area contributed by atoms with Crippen molar-refractivity contribution in [3.8, 4) is 0 Å². The lowest BCUT2D eigenvalue weighted by Crippen LogP contribution is -2.50. The molecule has 0 aromatic carbocycles. The Hall–Kier alpha value is -1.30. The number of fused-ring (bicyclic) bond motifs is 2. The second-order valence-corrected chi connectivity index (χ2v) is 8.13. The first-order chi connectivity index (χ1) is 11.5. The Kier molecular flexibility index (Phi) is 5.33. The van der Waals surface area contributed by atoms with Crippen molar-refractivity contribution in [1.82, 2.24) is 15.5 Å². The Morgan fingerprint density at radius 2 is 2.17 bits per heavy atom. The molecule has 1 heterocycles. The number of ether oxygens (including phenoxy) is 1. The fourth-order valence-electron chi connectivity index (χ4n) is 4.28. The number of nitrogens with zero attached hydrogens (tertiary/aromatic N) is 2. The predicted octanol–water partition coefficient (Wildman–Crippen LogP) is 1.37. The second-order valence-electron chi connectivity index (χ2n) is 8.13. The third kappa shape index (κ3) is 4.21. The van der Waals surface area contributed by atoms with Gasteiger partial charge in [-0.05, 0) is 50.9 Å². The Bertz CT molecular complexity index is 485. The van der Waals surface area contributed by atoms with Crippen LogP contribution in [0.15, 0.2) is 4.99 Å². The van der Waals surface area contributed by atoms with Gasteiger partial charge in [-0.1, -0.05) is 6.42 Å². The van der Waals surface area contributed by atoms with Gasteiger partial charge in [-0.3, -0.25) is 4.79 Å². The number of aliphatic imine (C=N–C) groups is 1. The van der Waals surface area contributed by atoms with E-state index in [1.54, 1.807) is 19.0 Å². The number of likely N-dealkylation sites (N-methyl/N-ethyl adjacent to an activating group) is 1. The lowest BCUT2D eigenvalue weighted by Gasteiger charge is -2.28. The van der Waals surface area contributed by atoms with Crippen LogP contribution in [-0.2, 0) is 9.53 Å².